The van der Waals surface area contributed by atoms with Gasteiger partial charge in [0.2, 0.25) is 0 Å². The van der Waals surface area contributed by atoms with Crippen molar-refractivity contribution in [2.75, 3.05) is 39.3 Å². The topological polar surface area (TPSA) is 26.7 Å². The van der Waals surface area contributed by atoms with E-state index in [2.05, 4.69) is 9.80 Å². The molecule has 2 aliphatic rings. The molecule has 0 aromatic rings. The van der Waals surface area contributed by atoms with E-state index in [4.69, 9.17) is 0 Å². The molecule has 0 radical (unpaired) electrons. The van der Waals surface area contributed by atoms with E-state index in [0.717, 1.165) is 25.9 Å². The Hall–Kier alpha value is -0.120. The van der Waals surface area contributed by atoms with Gasteiger partial charge >= 0.3 is 0 Å². The van der Waals surface area contributed by atoms with Gasteiger partial charge in [-0.15, -0.1) is 0 Å². The summed E-state index contributed by atoms with van der Waals surface area (Å²) < 4.78 is 0. The molecular formula is C12H24N2O. The second-order valence-electron chi connectivity index (χ2n) is 5.39. The Bertz CT molecular complexity index is 190. The van der Waals surface area contributed by atoms with E-state index in [0.29, 0.717) is 0 Å². The number of likely N-dealkylation sites (tertiary alicyclic amines) is 2. The SMILES string of the molecule is CC1(O)CCN(CCN2CCCC2)CC1. The number of hydrogen-bond donors (Lipinski definition) is 1. The lowest BCUT2D eigenvalue weighted by Gasteiger charge is -2.36. The third kappa shape index (κ3) is 3.44. The average Bonchev–Trinajstić information content (AvgIpc) is 2.69. The molecule has 3 nitrogen and oxygen atoms in total. The highest BCUT2D eigenvalue weighted by molar-refractivity contribution is 4.82. The van der Waals surface area contributed by atoms with E-state index in [9.17, 15) is 5.11 Å². The Morgan fingerprint density at radius 1 is 0.933 bits per heavy atom. The van der Waals surface area contributed by atoms with E-state index < -0.39 is 5.60 Å². The second-order valence-corrected chi connectivity index (χ2v) is 5.39. The van der Waals surface area contributed by atoms with Crippen molar-refractivity contribution in [2.24, 2.45) is 0 Å². The number of rotatable bonds is 3. The zero-order valence-electron chi connectivity index (χ0n) is 9.91. The van der Waals surface area contributed by atoms with E-state index in [-0.39, 0.29) is 0 Å². The van der Waals surface area contributed by atoms with Crippen LogP contribution in [0.3, 0.4) is 0 Å². The van der Waals surface area contributed by atoms with Crippen molar-refractivity contribution in [1.29, 1.82) is 0 Å². The molecule has 0 aromatic heterocycles. The Balaban J connectivity index is 1.64. The van der Waals surface area contributed by atoms with Crippen LogP contribution in [0.2, 0.25) is 0 Å². The van der Waals surface area contributed by atoms with E-state index >= 15 is 0 Å². The maximum absolute atomic E-state index is 9.83. The average molecular weight is 212 g/mol. The fourth-order valence-electron chi connectivity index (χ4n) is 2.55. The zero-order valence-corrected chi connectivity index (χ0v) is 9.91. The van der Waals surface area contributed by atoms with E-state index in [1.54, 1.807) is 0 Å². The maximum atomic E-state index is 9.83. The van der Waals surface area contributed by atoms with Crippen LogP contribution >= 0.6 is 0 Å². The van der Waals surface area contributed by atoms with Crippen molar-refractivity contribution in [3.63, 3.8) is 0 Å². The first-order chi connectivity index (χ1) is 7.16. The Morgan fingerprint density at radius 2 is 1.40 bits per heavy atom. The van der Waals surface area contributed by atoms with Crippen LogP contribution in [-0.4, -0.2) is 59.8 Å². The Morgan fingerprint density at radius 3 is 1.93 bits per heavy atom. The van der Waals surface area contributed by atoms with Gasteiger partial charge in [-0.3, -0.25) is 0 Å². The van der Waals surface area contributed by atoms with Crippen LogP contribution in [0.15, 0.2) is 0 Å². The van der Waals surface area contributed by atoms with Crippen LogP contribution in [-0.2, 0) is 0 Å². The summed E-state index contributed by atoms with van der Waals surface area (Å²) in [4.78, 5) is 5.06. The van der Waals surface area contributed by atoms with Gasteiger partial charge in [-0.1, -0.05) is 0 Å². The molecule has 88 valence electrons. The first kappa shape index (κ1) is 11.4. The first-order valence-corrected chi connectivity index (χ1v) is 6.33. The zero-order chi connectivity index (χ0) is 10.7. The molecule has 15 heavy (non-hydrogen) atoms. The summed E-state index contributed by atoms with van der Waals surface area (Å²) in [7, 11) is 0. The van der Waals surface area contributed by atoms with Crippen molar-refractivity contribution >= 4 is 0 Å². The highest BCUT2D eigenvalue weighted by atomic mass is 16.3. The molecule has 0 aliphatic carbocycles. The van der Waals surface area contributed by atoms with Gasteiger partial charge < -0.3 is 14.9 Å². The monoisotopic (exact) mass is 212 g/mol. The molecule has 2 saturated heterocycles. The van der Waals surface area contributed by atoms with Gasteiger partial charge in [-0.25, -0.2) is 0 Å². The molecule has 2 fully saturated rings. The predicted molar refractivity (Wildman–Crippen MR) is 62.0 cm³/mol. The minimum atomic E-state index is -0.399. The molecule has 2 rings (SSSR count). The lowest BCUT2D eigenvalue weighted by molar-refractivity contribution is -0.00663. The highest BCUT2D eigenvalue weighted by Gasteiger charge is 2.27. The first-order valence-electron chi connectivity index (χ1n) is 6.33. The minimum Gasteiger partial charge on any atom is -0.390 e. The molecule has 2 heterocycles. The molecule has 0 amide bonds. The van der Waals surface area contributed by atoms with Crippen molar-refractivity contribution < 1.29 is 5.11 Å². The van der Waals surface area contributed by atoms with Crippen LogP contribution < -0.4 is 0 Å². The summed E-state index contributed by atoms with van der Waals surface area (Å²) in [5, 5.41) is 9.83. The normalized spacial score (nSPS) is 28.4. The Labute approximate surface area is 93.1 Å². The summed E-state index contributed by atoms with van der Waals surface area (Å²) in [6.07, 6.45) is 4.64. The van der Waals surface area contributed by atoms with E-state index in [1.165, 1.54) is 39.0 Å². The molecule has 0 saturated carbocycles. The van der Waals surface area contributed by atoms with E-state index in [1.807, 2.05) is 6.92 Å². The Kier molecular flexibility index (Phi) is 3.65. The molecular weight excluding hydrogens is 188 g/mol. The van der Waals surface area contributed by atoms with Crippen molar-refractivity contribution in [3.05, 3.63) is 0 Å². The molecule has 0 aromatic carbocycles. The van der Waals surface area contributed by atoms with Gasteiger partial charge in [0.25, 0.3) is 0 Å². The number of nitrogens with zero attached hydrogens (tertiary/aromatic N) is 2. The van der Waals surface area contributed by atoms with Crippen LogP contribution in [0.4, 0.5) is 0 Å². The van der Waals surface area contributed by atoms with Gasteiger partial charge in [-0.05, 0) is 45.7 Å². The lowest BCUT2D eigenvalue weighted by atomic mass is 9.94. The molecule has 3 heteroatoms. The molecule has 0 atom stereocenters. The summed E-state index contributed by atoms with van der Waals surface area (Å²) in [5.74, 6) is 0. The van der Waals surface area contributed by atoms with Crippen LogP contribution in [0.25, 0.3) is 0 Å². The second kappa shape index (κ2) is 4.81. The van der Waals surface area contributed by atoms with Crippen molar-refractivity contribution in [3.8, 4) is 0 Å². The number of aliphatic hydroxyl groups is 1. The summed E-state index contributed by atoms with van der Waals surface area (Å²) in [6, 6.07) is 0. The largest absolute Gasteiger partial charge is 0.390 e. The fourth-order valence-corrected chi connectivity index (χ4v) is 2.55. The molecule has 0 bridgehead atoms. The van der Waals surface area contributed by atoms with Gasteiger partial charge in [-0.2, -0.15) is 0 Å². The van der Waals surface area contributed by atoms with Crippen LogP contribution in [0.5, 0.6) is 0 Å². The number of hydrogen-bond acceptors (Lipinski definition) is 3. The third-order valence-electron chi connectivity index (χ3n) is 3.86. The molecule has 0 unspecified atom stereocenters. The standard InChI is InChI=1S/C12H24N2O/c1-12(15)4-8-14(9-5-12)11-10-13-6-2-3-7-13/h15H,2-11H2,1H3. The maximum Gasteiger partial charge on any atom is 0.0644 e. The van der Waals surface area contributed by atoms with Crippen LogP contribution in [0, 0.1) is 0 Å². The quantitative estimate of drug-likeness (QED) is 0.754. The summed E-state index contributed by atoms with van der Waals surface area (Å²) in [5.41, 5.74) is -0.399. The molecule has 0 spiro atoms. The van der Waals surface area contributed by atoms with Gasteiger partial charge in [0.1, 0.15) is 0 Å². The van der Waals surface area contributed by atoms with Crippen molar-refractivity contribution in [2.45, 2.75) is 38.2 Å². The number of piperidine rings is 1. The highest BCUT2D eigenvalue weighted by Crippen LogP contribution is 2.20. The van der Waals surface area contributed by atoms with Gasteiger partial charge in [0.05, 0.1) is 5.60 Å². The summed E-state index contributed by atoms with van der Waals surface area (Å²) >= 11 is 0. The predicted octanol–water partition coefficient (Wildman–Crippen LogP) is 0.929. The van der Waals surface area contributed by atoms with Crippen molar-refractivity contribution in [1.82, 2.24) is 9.80 Å². The third-order valence-corrected chi connectivity index (χ3v) is 3.86. The molecule has 2 aliphatic heterocycles. The fraction of sp³-hybridized carbons (Fsp3) is 1.00. The molecule has 1 N–H and O–H groups in total. The lowest BCUT2D eigenvalue weighted by Crippen LogP contribution is -2.44. The summed E-state index contributed by atoms with van der Waals surface area (Å²) in [6.45, 7) is 9.11. The van der Waals surface area contributed by atoms with Crippen LogP contribution in [0.1, 0.15) is 32.6 Å². The van der Waals surface area contributed by atoms with Gasteiger partial charge in [0, 0.05) is 26.2 Å². The van der Waals surface area contributed by atoms with Gasteiger partial charge in [0.15, 0.2) is 0 Å². The minimum absolute atomic E-state index is 0.399. The smallest absolute Gasteiger partial charge is 0.0644 e.